The number of carbonyl (C=O) groups excluding carboxylic acids is 2. The van der Waals surface area contributed by atoms with Crippen molar-refractivity contribution in [3.05, 3.63) is 106 Å². The number of halogens is 6. The second kappa shape index (κ2) is 14.1. The van der Waals surface area contributed by atoms with E-state index >= 15 is 0 Å². The Balaban J connectivity index is 1.67. The summed E-state index contributed by atoms with van der Waals surface area (Å²) in [5.74, 6) is -2.39. The van der Waals surface area contributed by atoms with Gasteiger partial charge in [0.25, 0.3) is 15.6 Å². The van der Waals surface area contributed by atoms with Gasteiger partial charge in [0.05, 0.1) is 16.2 Å². The molecular weight excluding hydrogens is 779 g/mol. The highest BCUT2D eigenvalue weighted by molar-refractivity contribution is 7.90. The molecule has 1 unspecified atom stereocenters. The van der Waals surface area contributed by atoms with Crippen LogP contribution in [0, 0.1) is 0 Å². The molecule has 3 aliphatic rings. The number of ketones is 1. The SMILES string of the molecule is CC(CS(C)(=O)=O)OC(=O)NS(=O)(=O)c1ccccc1C(=C1C=C(C(O)(C(F)(F)F)C(F)(F)F)C(=O)c2ccccc21)c1cc2c3c(c1)CCCN3CCC2. The first-order chi connectivity index (χ1) is 25.5. The lowest BCUT2D eigenvalue weighted by molar-refractivity contribution is -0.350. The van der Waals surface area contributed by atoms with E-state index in [1.165, 1.54) is 43.3 Å². The Hall–Kier alpha value is -4.68. The topological polar surface area (TPSA) is 147 Å². The maximum absolute atomic E-state index is 14.4. The first-order valence-electron chi connectivity index (χ1n) is 16.9. The van der Waals surface area contributed by atoms with Crippen LogP contribution in [-0.2, 0) is 37.4 Å². The number of aliphatic hydroxyl groups is 1. The van der Waals surface area contributed by atoms with E-state index in [1.54, 1.807) is 16.9 Å². The molecule has 0 aromatic heterocycles. The number of anilines is 1. The Morgan fingerprint density at radius 2 is 1.44 bits per heavy atom. The molecule has 6 rings (SSSR count). The Morgan fingerprint density at radius 1 is 0.891 bits per heavy atom. The predicted octanol–water partition coefficient (Wildman–Crippen LogP) is 6.17. The van der Waals surface area contributed by atoms with E-state index in [4.69, 9.17) is 4.74 Å². The molecule has 3 aromatic carbocycles. The number of nitrogens with one attached hydrogen (secondary N) is 1. The summed E-state index contributed by atoms with van der Waals surface area (Å²) >= 11 is 0. The third-order valence-electron chi connectivity index (χ3n) is 9.61. The van der Waals surface area contributed by atoms with Gasteiger partial charge in [-0.3, -0.25) is 4.79 Å². The van der Waals surface area contributed by atoms with Gasteiger partial charge in [-0.05, 0) is 90.3 Å². The molecule has 0 saturated heterocycles. The number of hydrogen-bond acceptors (Lipinski definition) is 9. The van der Waals surface area contributed by atoms with Crippen LogP contribution in [0.2, 0.25) is 0 Å². The van der Waals surface area contributed by atoms with Gasteiger partial charge in [-0.2, -0.15) is 26.3 Å². The predicted molar refractivity (Wildman–Crippen MR) is 190 cm³/mol. The van der Waals surface area contributed by atoms with Gasteiger partial charge in [-0.1, -0.05) is 42.5 Å². The third-order valence-corrected chi connectivity index (χ3v) is 12.1. The quantitative estimate of drug-likeness (QED) is 0.255. The van der Waals surface area contributed by atoms with E-state index < -0.39 is 83.2 Å². The summed E-state index contributed by atoms with van der Waals surface area (Å²) in [4.78, 5) is 27.9. The number of sulfonamides is 1. The van der Waals surface area contributed by atoms with Crippen LogP contribution in [0.3, 0.4) is 0 Å². The number of allylic oxidation sites excluding steroid dienone is 2. The Kier molecular flexibility index (Phi) is 10.3. The van der Waals surface area contributed by atoms with E-state index in [1.807, 2.05) is 0 Å². The van der Waals surface area contributed by atoms with Crippen molar-refractivity contribution in [3.63, 3.8) is 0 Å². The number of alkyl halides is 6. The molecule has 1 amide bonds. The molecule has 0 bridgehead atoms. The van der Waals surface area contributed by atoms with Crippen LogP contribution in [-0.4, -0.2) is 83.0 Å². The van der Waals surface area contributed by atoms with Gasteiger partial charge in [0.1, 0.15) is 6.10 Å². The first kappa shape index (κ1) is 40.0. The molecule has 0 fully saturated rings. The fraction of sp³-hybridized carbons (Fsp3) is 0.351. The van der Waals surface area contributed by atoms with Gasteiger partial charge in [0.15, 0.2) is 15.6 Å². The maximum atomic E-state index is 14.4. The van der Waals surface area contributed by atoms with Gasteiger partial charge in [-0.15, -0.1) is 0 Å². The van der Waals surface area contributed by atoms with Crippen molar-refractivity contribution in [1.82, 2.24) is 4.72 Å². The average Bonchev–Trinajstić information content (AvgIpc) is 3.07. The zero-order chi connectivity index (χ0) is 40.3. The van der Waals surface area contributed by atoms with Crippen molar-refractivity contribution < 1.29 is 62.6 Å². The second-order valence-corrected chi connectivity index (χ2v) is 17.5. The number of hydrogen-bond donors (Lipinski definition) is 2. The summed E-state index contributed by atoms with van der Waals surface area (Å²) < 4.78 is 144. The molecule has 1 aliphatic carbocycles. The van der Waals surface area contributed by atoms with Gasteiger partial charge in [0.2, 0.25) is 0 Å². The van der Waals surface area contributed by atoms with Crippen LogP contribution in [0.25, 0.3) is 11.1 Å². The summed E-state index contributed by atoms with van der Waals surface area (Å²) in [5.41, 5.74) is -6.71. The molecule has 2 N–H and O–H groups in total. The lowest BCUT2D eigenvalue weighted by Crippen LogP contribution is -2.59. The van der Waals surface area contributed by atoms with Crippen LogP contribution in [0.15, 0.2) is 77.2 Å². The van der Waals surface area contributed by atoms with E-state index in [0.29, 0.717) is 18.9 Å². The minimum absolute atomic E-state index is 0.153. The largest absolute Gasteiger partial charge is 0.445 e. The van der Waals surface area contributed by atoms with Crippen molar-refractivity contribution >= 4 is 48.6 Å². The summed E-state index contributed by atoms with van der Waals surface area (Å²) in [7, 11) is -8.64. The highest BCUT2D eigenvalue weighted by Crippen LogP contribution is 2.52. The molecule has 55 heavy (non-hydrogen) atoms. The molecule has 2 heterocycles. The average molecular weight is 813 g/mol. The van der Waals surface area contributed by atoms with Crippen molar-refractivity contribution in [2.75, 3.05) is 30.0 Å². The Bertz CT molecular complexity index is 2320. The number of aryl methyl sites for hydroxylation is 2. The van der Waals surface area contributed by atoms with Crippen LogP contribution in [0.4, 0.5) is 36.8 Å². The smallest absolute Gasteiger partial charge is 0.430 e. The number of fused-ring (bicyclic) bond motifs is 1. The summed E-state index contributed by atoms with van der Waals surface area (Å²) in [5, 5.41) is 10.6. The second-order valence-electron chi connectivity index (χ2n) is 13.7. The number of amides is 1. The van der Waals surface area contributed by atoms with E-state index in [2.05, 4.69) is 4.90 Å². The Morgan fingerprint density at radius 3 is 2.00 bits per heavy atom. The molecule has 0 spiro atoms. The number of Topliss-reactive ketones (excluding diaryl/α,β-unsaturated/α-hetero) is 1. The van der Waals surface area contributed by atoms with Crippen LogP contribution >= 0.6 is 0 Å². The minimum atomic E-state index is -6.43. The molecule has 0 radical (unpaired) electrons. The maximum Gasteiger partial charge on any atom is 0.430 e. The number of nitrogens with zero attached hydrogens (tertiary/aromatic N) is 1. The van der Waals surface area contributed by atoms with E-state index in [-0.39, 0.29) is 22.3 Å². The molecule has 10 nitrogen and oxygen atoms in total. The third kappa shape index (κ3) is 7.50. The minimum Gasteiger partial charge on any atom is -0.445 e. The molecule has 0 saturated carbocycles. The van der Waals surface area contributed by atoms with Crippen molar-refractivity contribution in [2.24, 2.45) is 0 Å². The van der Waals surface area contributed by atoms with Gasteiger partial charge in [-0.25, -0.2) is 26.4 Å². The molecule has 2 aliphatic heterocycles. The van der Waals surface area contributed by atoms with E-state index in [9.17, 15) is 57.9 Å². The van der Waals surface area contributed by atoms with Crippen LogP contribution < -0.4 is 9.62 Å². The molecular formula is C37H34F6N2O8S2. The summed E-state index contributed by atoms with van der Waals surface area (Å²) in [6, 6.07) is 13.1. The van der Waals surface area contributed by atoms with Crippen molar-refractivity contribution in [3.8, 4) is 0 Å². The van der Waals surface area contributed by atoms with Gasteiger partial charge in [0, 0.05) is 36.2 Å². The summed E-state index contributed by atoms with van der Waals surface area (Å²) in [6.07, 6.45) is -12.0. The number of rotatable bonds is 8. The lowest BCUT2D eigenvalue weighted by atomic mass is 9.75. The van der Waals surface area contributed by atoms with Crippen LogP contribution in [0.5, 0.6) is 0 Å². The highest BCUT2D eigenvalue weighted by atomic mass is 32.2. The zero-order valence-electron chi connectivity index (χ0n) is 29.2. The molecule has 1 atom stereocenters. The Labute approximate surface area is 312 Å². The van der Waals surface area contributed by atoms with Crippen LogP contribution in [0.1, 0.15) is 57.9 Å². The monoisotopic (exact) mass is 812 g/mol. The number of ether oxygens (including phenoxy) is 1. The normalized spacial score (nSPS) is 17.8. The van der Waals surface area contributed by atoms with Crippen molar-refractivity contribution in [1.29, 1.82) is 0 Å². The van der Waals surface area contributed by atoms with E-state index in [0.717, 1.165) is 61.1 Å². The fourth-order valence-electron chi connectivity index (χ4n) is 7.43. The summed E-state index contributed by atoms with van der Waals surface area (Å²) in [6.45, 7) is 2.73. The molecule has 3 aromatic rings. The number of benzene rings is 3. The number of carbonyl (C=O) groups is 2. The van der Waals surface area contributed by atoms with Gasteiger partial charge < -0.3 is 14.7 Å². The molecule has 18 heteroatoms. The van der Waals surface area contributed by atoms with Crippen molar-refractivity contribution in [2.45, 2.75) is 61.6 Å². The first-order valence-corrected chi connectivity index (χ1v) is 20.5. The highest BCUT2D eigenvalue weighted by Gasteiger charge is 2.73. The number of sulfone groups is 1. The lowest BCUT2D eigenvalue weighted by Gasteiger charge is -2.38. The zero-order valence-corrected chi connectivity index (χ0v) is 30.8. The van der Waals surface area contributed by atoms with Gasteiger partial charge >= 0.3 is 18.4 Å². The molecule has 294 valence electrons. The fourth-order valence-corrected chi connectivity index (χ4v) is 9.45. The standard InChI is InChI=1S/C37H34F6N2O8S2/c1-21(20-54(2,49)50)53-34(47)44-55(51,52)30-14-6-5-13-27(30)31(24-17-22-9-7-15-45-16-8-10-23(18-24)32(22)45)28-19-29(33(46)26-12-4-3-11-25(26)28)35(48,36(38,39)40)37(41,42)43/h3-6,11-14,17-19,21,48H,7-10,15-16,20H2,1-2H3,(H,44,47).